The highest BCUT2D eigenvalue weighted by atomic mass is 35.5. The summed E-state index contributed by atoms with van der Waals surface area (Å²) in [5.41, 5.74) is 0.388. The Kier molecular flexibility index (Phi) is 11.6. The van der Waals surface area contributed by atoms with Gasteiger partial charge in [0.15, 0.2) is 0 Å². The summed E-state index contributed by atoms with van der Waals surface area (Å²) in [6.45, 7) is 4.78. The minimum Gasteiger partial charge on any atom is -0.497 e. The minimum absolute atomic E-state index is 0. The molecule has 0 radical (unpaired) electrons. The first kappa shape index (κ1) is 30.9. The third-order valence-corrected chi connectivity index (χ3v) is 8.28. The maximum Gasteiger partial charge on any atom is 0.241 e. The standard InChI is InChI=1S/C24H33Cl2N3O5S.ClH/c1-24(2,12-16-7-9-18(33-3)10-8-16)28-13-17(30)15-34-19-5-4-6-20(11-19)35(31,32)29-21-14-27-23(26)22(21)25;/h4-11,17,21-23,27-30H,12-15H2,1-3H3;1H/t17-,21?,22?,23?;/m1./s1. The fourth-order valence-corrected chi connectivity index (χ4v) is 5.61. The highest BCUT2D eigenvalue weighted by Gasteiger charge is 2.36. The number of sulfonamides is 1. The lowest BCUT2D eigenvalue weighted by Gasteiger charge is -2.28. The second kappa shape index (κ2) is 13.5. The maximum atomic E-state index is 12.8. The molecule has 12 heteroatoms. The van der Waals surface area contributed by atoms with E-state index in [-0.39, 0.29) is 29.4 Å². The van der Waals surface area contributed by atoms with E-state index in [0.29, 0.717) is 18.8 Å². The van der Waals surface area contributed by atoms with Gasteiger partial charge >= 0.3 is 0 Å². The summed E-state index contributed by atoms with van der Waals surface area (Å²) >= 11 is 12.2. The topological polar surface area (TPSA) is 109 Å². The molecule has 1 saturated heterocycles. The highest BCUT2D eigenvalue weighted by Crippen LogP contribution is 2.22. The van der Waals surface area contributed by atoms with Crippen LogP contribution in [0, 0.1) is 0 Å². The monoisotopic (exact) mass is 581 g/mol. The predicted octanol–water partition coefficient (Wildman–Crippen LogP) is 2.89. The van der Waals surface area contributed by atoms with Gasteiger partial charge in [-0.2, -0.15) is 0 Å². The molecule has 202 valence electrons. The molecule has 1 aliphatic rings. The van der Waals surface area contributed by atoms with Gasteiger partial charge in [0.25, 0.3) is 0 Å². The van der Waals surface area contributed by atoms with E-state index in [0.717, 1.165) is 17.7 Å². The number of ether oxygens (including phenoxy) is 2. The van der Waals surface area contributed by atoms with E-state index in [9.17, 15) is 13.5 Å². The SMILES string of the molecule is COc1ccc(CC(C)(C)NC[C@@H](O)COc2cccc(S(=O)(=O)NC3CNC(Cl)C3Cl)c2)cc1.Cl. The molecule has 2 aromatic carbocycles. The second-order valence-electron chi connectivity index (χ2n) is 9.21. The summed E-state index contributed by atoms with van der Waals surface area (Å²) in [7, 11) is -2.19. The van der Waals surface area contributed by atoms with Crippen LogP contribution in [0.1, 0.15) is 19.4 Å². The van der Waals surface area contributed by atoms with Crippen LogP contribution in [0.5, 0.6) is 11.5 Å². The number of nitrogens with one attached hydrogen (secondary N) is 3. The summed E-state index contributed by atoms with van der Waals surface area (Å²) in [5.74, 6) is 1.15. The fourth-order valence-electron chi connectivity index (χ4n) is 3.74. The molecule has 3 unspecified atom stereocenters. The van der Waals surface area contributed by atoms with Gasteiger partial charge in [0.05, 0.1) is 23.4 Å². The number of hydrogen-bond acceptors (Lipinski definition) is 7. The Morgan fingerprint density at radius 3 is 2.47 bits per heavy atom. The van der Waals surface area contributed by atoms with Gasteiger partial charge in [0.1, 0.15) is 29.7 Å². The third-order valence-electron chi connectivity index (χ3n) is 5.68. The van der Waals surface area contributed by atoms with Crippen molar-refractivity contribution in [3.8, 4) is 11.5 Å². The van der Waals surface area contributed by atoms with Crippen molar-refractivity contribution in [2.45, 2.75) is 53.7 Å². The molecule has 0 aromatic heterocycles. The Morgan fingerprint density at radius 2 is 1.86 bits per heavy atom. The van der Waals surface area contributed by atoms with Crippen molar-refractivity contribution in [3.63, 3.8) is 0 Å². The minimum atomic E-state index is -3.82. The largest absolute Gasteiger partial charge is 0.497 e. The first-order valence-corrected chi connectivity index (χ1v) is 13.7. The molecular formula is C24H34Cl3N3O5S. The molecule has 8 nitrogen and oxygen atoms in total. The van der Waals surface area contributed by atoms with Gasteiger partial charge in [0, 0.05) is 24.7 Å². The van der Waals surface area contributed by atoms with Crippen molar-refractivity contribution in [1.82, 2.24) is 15.4 Å². The molecule has 36 heavy (non-hydrogen) atoms. The van der Waals surface area contributed by atoms with Crippen LogP contribution in [-0.2, 0) is 16.4 Å². The number of β-amino-alcohol motifs (C(OH)–C–C–N with tert-alkyl or cyclic N) is 1. The number of rotatable bonds is 12. The Morgan fingerprint density at radius 1 is 1.17 bits per heavy atom. The van der Waals surface area contributed by atoms with Gasteiger partial charge in [0.2, 0.25) is 10.0 Å². The van der Waals surface area contributed by atoms with E-state index in [1.54, 1.807) is 19.2 Å². The number of hydrogen-bond donors (Lipinski definition) is 4. The number of methoxy groups -OCH3 is 1. The quantitative estimate of drug-likeness (QED) is 0.225. The molecule has 0 saturated carbocycles. The lowest BCUT2D eigenvalue weighted by molar-refractivity contribution is 0.0987. The summed E-state index contributed by atoms with van der Waals surface area (Å²) < 4.78 is 39.0. The summed E-state index contributed by atoms with van der Waals surface area (Å²) in [4.78, 5) is 0.0464. The average Bonchev–Trinajstić information content (AvgIpc) is 3.13. The van der Waals surface area contributed by atoms with Gasteiger partial charge in [-0.25, -0.2) is 13.1 Å². The highest BCUT2D eigenvalue weighted by molar-refractivity contribution is 7.89. The van der Waals surface area contributed by atoms with Crippen LogP contribution in [0.3, 0.4) is 0 Å². The lowest BCUT2D eigenvalue weighted by atomic mass is 9.94. The molecule has 0 bridgehead atoms. The van der Waals surface area contributed by atoms with Crippen LogP contribution in [0.25, 0.3) is 0 Å². The molecule has 1 fully saturated rings. The number of aliphatic hydroxyl groups excluding tert-OH is 1. The number of benzene rings is 2. The molecule has 2 aromatic rings. The Bertz CT molecular complexity index is 1070. The average molecular weight is 583 g/mol. The van der Waals surface area contributed by atoms with E-state index in [1.165, 1.54) is 12.1 Å². The van der Waals surface area contributed by atoms with Crippen molar-refractivity contribution >= 4 is 45.6 Å². The lowest BCUT2D eigenvalue weighted by Crippen LogP contribution is -2.46. The normalized spacial score (nSPS) is 21.0. The van der Waals surface area contributed by atoms with Crippen LogP contribution in [0.4, 0.5) is 0 Å². The molecule has 4 N–H and O–H groups in total. The fraction of sp³-hybridized carbons (Fsp3) is 0.500. The van der Waals surface area contributed by atoms with Gasteiger partial charge in [-0.15, -0.1) is 35.6 Å². The zero-order chi connectivity index (χ0) is 25.6. The maximum absolute atomic E-state index is 12.8. The molecular weight excluding hydrogens is 549 g/mol. The predicted molar refractivity (Wildman–Crippen MR) is 145 cm³/mol. The van der Waals surface area contributed by atoms with Crippen molar-refractivity contribution < 1.29 is 23.0 Å². The van der Waals surface area contributed by atoms with E-state index >= 15 is 0 Å². The van der Waals surface area contributed by atoms with E-state index in [4.69, 9.17) is 32.7 Å². The van der Waals surface area contributed by atoms with Gasteiger partial charge in [-0.3, -0.25) is 5.32 Å². The summed E-state index contributed by atoms with van der Waals surface area (Å²) in [6.07, 6.45) is -0.0208. The van der Waals surface area contributed by atoms with Crippen molar-refractivity contribution in [3.05, 3.63) is 54.1 Å². The number of aliphatic hydroxyl groups is 1. The van der Waals surface area contributed by atoms with Crippen LogP contribution in [0.15, 0.2) is 53.4 Å². The van der Waals surface area contributed by atoms with Crippen molar-refractivity contribution in [2.75, 3.05) is 26.8 Å². The van der Waals surface area contributed by atoms with Crippen molar-refractivity contribution in [2.24, 2.45) is 0 Å². The molecule has 0 amide bonds. The Balaban J connectivity index is 0.00000456. The van der Waals surface area contributed by atoms with Crippen LogP contribution >= 0.6 is 35.6 Å². The zero-order valence-corrected chi connectivity index (χ0v) is 23.6. The summed E-state index contributed by atoms with van der Waals surface area (Å²) in [6, 6.07) is 13.5. The molecule has 0 aliphatic carbocycles. The number of halogens is 3. The Labute approximate surface area is 229 Å². The zero-order valence-electron chi connectivity index (χ0n) is 20.4. The smallest absolute Gasteiger partial charge is 0.241 e. The molecule has 1 aliphatic heterocycles. The van der Waals surface area contributed by atoms with E-state index in [2.05, 4.69) is 29.2 Å². The van der Waals surface area contributed by atoms with Gasteiger partial charge < -0.3 is 19.9 Å². The van der Waals surface area contributed by atoms with E-state index in [1.807, 2.05) is 24.3 Å². The third kappa shape index (κ3) is 8.92. The van der Waals surface area contributed by atoms with Gasteiger partial charge in [-0.1, -0.05) is 18.2 Å². The Hall–Kier alpha value is -1.30. The molecule has 0 spiro atoms. The van der Waals surface area contributed by atoms with E-state index < -0.39 is 33.0 Å². The van der Waals surface area contributed by atoms with Crippen molar-refractivity contribution in [1.29, 1.82) is 0 Å². The first-order chi connectivity index (χ1) is 16.5. The van der Waals surface area contributed by atoms with Crippen LogP contribution < -0.4 is 24.8 Å². The number of alkyl halides is 2. The molecule has 4 atom stereocenters. The molecule has 1 heterocycles. The summed E-state index contributed by atoms with van der Waals surface area (Å²) in [5, 5.41) is 16.1. The van der Waals surface area contributed by atoms with Gasteiger partial charge in [-0.05, 0) is 50.1 Å². The van der Waals surface area contributed by atoms with Crippen LogP contribution in [0.2, 0.25) is 0 Å². The van der Waals surface area contributed by atoms with Crippen LogP contribution in [-0.4, -0.2) is 68.9 Å². The molecule has 3 rings (SSSR count). The first-order valence-electron chi connectivity index (χ1n) is 11.3. The second-order valence-corrected chi connectivity index (χ2v) is 11.9.